The first-order valence-electron chi connectivity index (χ1n) is 9.91. The van der Waals surface area contributed by atoms with Gasteiger partial charge in [-0.1, -0.05) is 24.3 Å². The van der Waals surface area contributed by atoms with E-state index in [9.17, 15) is 4.79 Å². The second-order valence-electron chi connectivity index (χ2n) is 8.17. The summed E-state index contributed by atoms with van der Waals surface area (Å²) in [6, 6.07) is 9.57. The first-order valence-corrected chi connectivity index (χ1v) is 9.91. The van der Waals surface area contributed by atoms with Crippen molar-refractivity contribution in [2.75, 3.05) is 39.8 Å². The third-order valence-electron chi connectivity index (χ3n) is 6.96. The van der Waals surface area contributed by atoms with Crippen molar-refractivity contribution >= 4 is 5.91 Å². The topological polar surface area (TPSA) is 26.8 Å². The van der Waals surface area contributed by atoms with E-state index in [1.165, 1.54) is 24.0 Å². The first kappa shape index (κ1) is 17.0. The summed E-state index contributed by atoms with van der Waals surface area (Å²) < 4.78 is 0. The van der Waals surface area contributed by atoms with E-state index in [0.29, 0.717) is 18.4 Å². The van der Waals surface area contributed by atoms with Gasteiger partial charge in [-0.15, -0.1) is 0 Å². The lowest BCUT2D eigenvalue weighted by molar-refractivity contribution is -0.130. The minimum atomic E-state index is 0.173. The third kappa shape index (κ3) is 3.11. The van der Waals surface area contributed by atoms with Crippen LogP contribution in [0.3, 0.4) is 0 Å². The summed E-state index contributed by atoms with van der Waals surface area (Å²) in [5.41, 5.74) is 3.24. The quantitative estimate of drug-likeness (QED) is 0.825. The van der Waals surface area contributed by atoms with Gasteiger partial charge in [0.25, 0.3) is 0 Å². The van der Waals surface area contributed by atoms with Crippen LogP contribution in [0.4, 0.5) is 0 Å². The lowest BCUT2D eigenvalue weighted by atomic mass is 9.85. The van der Waals surface area contributed by atoms with Crippen LogP contribution in [-0.4, -0.2) is 72.0 Å². The molecule has 1 aromatic rings. The van der Waals surface area contributed by atoms with E-state index in [0.717, 1.165) is 45.6 Å². The summed E-state index contributed by atoms with van der Waals surface area (Å²) in [7, 11) is 2.27. The second kappa shape index (κ2) is 6.73. The Kier molecular flexibility index (Phi) is 4.59. The average Bonchev–Trinajstić information content (AvgIpc) is 2.99. The van der Waals surface area contributed by atoms with Gasteiger partial charge in [0, 0.05) is 50.7 Å². The summed E-state index contributed by atoms with van der Waals surface area (Å²) in [5.74, 6) is 0.346. The van der Waals surface area contributed by atoms with Crippen molar-refractivity contribution in [3.05, 3.63) is 35.4 Å². The fraction of sp³-hybridized carbons (Fsp3) is 0.667. The molecule has 4 heteroatoms. The Morgan fingerprint density at radius 3 is 2.48 bits per heavy atom. The zero-order chi connectivity index (χ0) is 17.4. The normalized spacial score (nSPS) is 29.2. The highest BCUT2D eigenvalue weighted by molar-refractivity contribution is 5.76. The molecule has 1 atom stereocenters. The maximum atomic E-state index is 12.4. The molecule has 1 aromatic carbocycles. The van der Waals surface area contributed by atoms with Gasteiger partial charge in [-0.05, 0) is 50.8 Å². The predicted molar refractivity (Wildman–Crippen MR) is 101 cm³/mol. The molecule has 4 nitrogen and oxygen atoms in total. The Morgan fingerprint density at radius 2 is 1.80 bits per heavy atom. The van der Waals surface area contributed by atoms with Crippen LogP contribution in [0.1, 0.15) is 37.3 Å². The molecule has 0 aromatic heterocycles. The molecule has 0 saturated carbocycles. The van der Waals surface area contributed by atoms with Gasteiger partial charge in [0.15, 0.2) is 0 Å². The minimum Gasteiger partial charge on any atom is -0.343 e. The fourth-order valence-corrected chi connectivity index (χ4v) is 5.16. The number of amides is 1. The Morgan fingerprint density at radius 1 is 1.08 bits per heavy atom. The number of likely N-dealkylation sites (tertiary alicyclic amines) is 1. The van der Waals surface area contributed by atoms with Crippen molar-refractivity contribution < 1.29 is 4.79 Å². The molecule has 136 valence electrons. The summed E-state index contributed by atoms with van der Waals surface area (Å²) in [6.07, 6.45) is 5.21. The number of carbonyl (C=O) groups excluding carboxylic acids is 1. The molecule has 3 aliphatic rings. The lowest BCUT2D eigenvalue weighted by Crippen LogP contribution is -2.63. The van der Waals surface area contributed by atoms with Crippen LogP contribution >= 0.6 is 0 Å². The van der Waals surface area contributed by atoms with Crippen molar-refractivity contribution in [3.8, 4) is 0 Å². The molecule has 1 aliphatic carbocycles. The van der Waals surface area contributed by atoms with Crippen molar-refractivity contribution in [3.63, 3.8) is 0 Å². The van der Waals surface area contributed by atoms with Gasteiger partial charge in [0.1, 0.15) is 0 Å². The molecular formula is C21H31N3O. The molecule has 0 N–H and O–H groups in total. The fourth-order valence-electron chi connectivity index (χ4n) is 5.16. The van der Waals surface area contributed by atoms with Crippen molar-refractivity contribution in [1.29, 1.82) is 0 Å². The van der Waals surface area contributed by atoms with E-state index in [2.05, 4.69) is 48.0 Å². The van der Waals surface area contributed by atoms with Gasteiger partial charge in [-0.2, -0.15) is 0 Å². The Hall–Kier alpha value is -1.39. The molecule has 1 amide bonds. The third-order valence-corrected chi connectivity index (χ3v) is 6.96. The summed E-state index contributed by atoms with van der Waals surface area (Å²) >= 11 is 0. The van der Waals surface area contributed by atoms with Gasteiger partial charge in [0.2, 0.25) is 5.91 Å². The zero-order valence-corrected chi connectivity index (χ0v) is 15.7. The molecule has 0 radical (unpaired) electrons. The predicted octanol–water partition coefficient (Wildman–Crippen LogP) is 2.17. The van der Waals surface area contributed by atoms with Crippen LogP contribution < -0.4 is 0 Å². The largest absolute Gasteiger partial charge is 0.343 e. The number of hydrogen-bond donors (Lipinski definition) is 0. The number of carbonyl (C=O) groups is 1. The summed E-state index contributed by atoms with van der Waals surface area (Å²) in [5, 5.41) is 0. The molecule has 2 saturated heterocycles. The van der Waals surface area contributed by atoms with Crippen LogP contribution in [-0.2, 0) is 17.6 Å². The molecule has 4 rings (SSSR count). The number of likely N-dealkylation sites (N-methyl/N-ethyl adjacent to an activating group) is 1. The molecule has 0 bridgehead atoms. The van der Waals surface area contributed by atoms with Crippen LogP contribution in [0.5, 0.6) is 0 Å². The summed E-state index contributed by atoms with van der Waals surface area (Å²) in [4.78, 5) is 19.7. The van der Waals surface area contributed by atoms with E-state index in [-0.39, 0.29) is 5.54 Å². The molecule has 25 heavy (non-hydrogen) atoms. The maximum absolute atomic E-state index is 12.4. The monoisotopic (exact) mass is 341 g/mol. The van der Waals surface area contributed by atoms with E-state index >= 15 is 0 Å². The first-order chi connectivity index (χ1) is 12.1. The van der Waals surface area contributed by atoms with Crippen molar-refractivity contribution in [1.82, 2.24) is 14.7 Å². The number of rotatable bonds is 2. The maximum Gasteiger partial charge on any atom is 0.222 e. The molecule has 1 spiro atoms. The Balaban J connectivity index is 1.49. The van der Waals surface area contributed by atoms with Crippen molar-refractivity contribution in [2.45, 2.75) is 50.6 Å². The van der Waals surface area contributed by atoms with E-state index in [1.807, 2.05) is 4.90 Å². The highest BCUT2D eigenvalue weighted by Crippen LogP contribution is 2.35. The second-order valence-corrected chi connectivity index (χ2v) is 8.17. The molecule has 2 fully saturated rings. The Bertz CT molecular complexity index is 621. The van der Waals surface area contributed by atoms with E-state index in [1.54, 1.807) is 0 Å². The van der Waals surface area contributed by atoms with Gasteiger partial charge in [0.05, 0.1) is 0 Å². The van der Waals surface area contributed by atoms with Crippen LogP contribution in [0.25, 0.3) is 0 Å². The number of fused-ring (bicyclic) bond motifs is 1. The van der Waals surface area contributed by atoms with Gasteiger partial charge in [-0.3, -0.25) is 14.6 Å². The van der Waals surface area contributed by atoms with Crippen LogP contribution in [0, 0.1) is 0 Å². The van der Waals surface area contributed by atoms with Gasteiger partial charge < -0.3 is 4.90 Å². The molecule has 0 unspecified atom stereocenters. The Labute approximate surface area is 151 Å². The number of nitrogens with zero attached hydrogens (tertiary/aromatic N) is 3. The molecule has 2 heterocycles. The average molecular weight is 341 g/mol. The highest BCUT2D eigenvalue weighted by Gasteiger charge is 2.44. The molecular weight excluding hydrogens is 310 g/mol. The van der Waals surface area contributed by atoms with Crippen LogP contribution in [0.2, 0.25) is 0 Å². The smallest absolute Gasteiger partial charge is 0.222 e. The SMILES string of the molecule is CCN1CC[C@]2(CCC1=O)CN(C1Cc3ccccc3C1)CCN2C. The van der Waals surface area contributed by atoms with E-state index < -0.39 is 0 Å². The minimum absolute atomic E-state index is 0.173. The van der Waals surface area contributed by atoms with E-state index in [4.69, 9.17) is 0 Å². The molecule has 2 aliphatic heterocycles. The lowest BCUT2D eigenvalue weighted by Gasteiger charge is -2.51. The van der Waals surface area contributed by atoms with Gasteiger partial charge in [-0.25, -0.2) is 0 Å². The van der Waals surface area contributed by atoms with Crippen molar-refractivity contribution in [2.24, 2.45) is 0 Å². The number of benzene rings is 1. The van der Waals surface area contributed by atoms with Gasteiger partial charge >= 0.3 is 0 Å². The van der Waals surface area contributed by atoms with Crippen LogP contribution in [0.15, 0.2) is 24.3 Å². The zero-order valence-electron chi connectivity index (χ0n) is 15.7. The standard InChI is InChI=1S/C21H31N3O/c1-3-23-11-10-21(9-8-20(23)25)16-24(13-12-22(21)2)19-14-17-6-4-5-7-18(17)15-19/h4-7,19H,3,8-16H2,1-2H3/t21-/m1/s1. The number of hydrogen-bond acceptors (Lipinski definition) is 3. The number of piperazine rings is 1. The highest BCUT2D eigenvalue weighted by atomic mass is 16.2. The summed E-state index contributed by atoms with van der Waals surface area (Å²) in [6.45, 7) is 7.25.